The van der Waals surface area contributed by atoms with E-state index in [1.165, 1.54) is 23.7 Å². The van der Waals surface area contributed by atoms with Crippen molar-refractivity contribution in [1.82, 2.24) is 0 Å². The van der Waals surface area contributed by atoms with E-state index in [4.69, 9.17) is 21.4 Å². The molecule has 0 fully saturated rings. The van der Waals surface area contributed by atoms with Gasteiger partial charge in [0.1, 0.15) is 12.2 Å². The van der Waals surface area contributed by atoms with Crippen LogP contribution in [0.1, 0.15) is 17.3 Å². The Kier molecular flexibility index (Phi) is 4.67. The zero-order valence-electron chi connectivity index (χ0n) is 9.42. The third-order valence-corrected chi connectivity index (χ3v) is 2.42. The topological polar surface area (TPSA) is 89.7 Å². The average Bonchev–Trinajstić information content (AvgIpc) is 2.34. The summed E-state index contributed by atoms with van der Waals surface area (Å²) in [6.45, 7) is 1.64. The maximum atomic E-state index is 11.0. The molecule has 7 heteroatoms. The summed E-state index contributed by atoms with van der Waals surface area (Å²) < 4.78 is 5.17. The Morgan fingerprint density at radius 3 is 2.78 bits per heavy atom. The Morgan fingerprint density at radius 2 is 2.28 bits per heavy atom. The number of carbonyl (C=O) groups is 1. The maximum Gasteiger partial charge on any atom is 0.339 e. The van der Waals surface area contributed by atoms with Gasteiger partial charge in [-0.3, -0.25) is 10.1 Å². The normalized spacial score (nSPS) is 11.1. The van der Waals surface area contributed by atoms with Crippen LogP contribution in [0.5, 0.6) is 5.75 Å². The lowest BCUT2D eigenvalue weighted by Crippen LogP contribution is -2.07. The van der Waals surface area contributed by atoms with Gasteiger partial charge in [-0.05, 0) is 18.6 Å². The van der Waals surface area contributed by atoms with Crippen molar-refractivity contribution < 1.29 is 19.6 Å². The lowest BCUT2D eigenvalue weighted by Gasteiger charge is -2.09. The molecule has 0 saturated carbocycles. The second-order valence-corrected chi connectivity index (χ2v) is 3.68. The quantitative estimate of drug-likeness (QED) is 0.657. The van der Waals surface area contributed by atoms with Crippen LogP contribution < -0.4 is 4.74 Å². The second-order valence-electron chi connectivity index (χ2n) is 3.46. The van der Waals surface area contributed by atoms with E-state index in [1.807, 2.05) is 0 Å². The predicted octanol–water partition coefficient (Wildman–Crippen LogP) is 2.81. The minimum atomic E-state index is -1.29. The van der Waals surface area contributed by atoms with Gasteiger partial charge in [0.2, 0.25) is 5.75 Å². The van der Waals surface area contributed by atoms with Crippen LogP contribution in [0.4, 0.5) is 5.69 Å². The van der Waals surface area contributed by atoms with E-state index in [1.54, 1.807) is 6.92 Å². The molecule has 0 aliphatic heterocycles. The molecule has 6 nitrogen and oxygen atoms in total. The fourth-order valence-electron chi connectivity index (χ4n) is 1.21. The standard InChI is InChI=1S/C11H10ClNO5/c1-7(5-12)6-18-10-8(11(14)15)3-2-4-9(10)13(16)17/h2-5H,6H2,1H3,(H,14,15)/b7-5-. The molecule has 18 heavy (non-hydrogen) atoms. The zero-order valence-corrected chi connectivity index (χ0v) is 10.2. The van der Waals surface area contributed by atoms with E-state index in [2.05, 4.69) is 0 Å². The van der Waals surface area contributed by atoms with Crippen molar-refractivity contribution in [2.24, 2.45) is 0 Å². The smallest absolute Gasteiger partial charge is 0.339 e. The first-order valence-corrected chi connectivity index (χ1v) is 5.30. The Morgan fingerprint density at radius 1 is 1.61 bits per heavy atom. The molecule has 1 aromatic rings. The number of hydrogen-bond acceptors (Lipinski definition) is 4. The molecule has 0 aliphatic rings. The highest BCUT2D eigenvalue weighted by Crippen LogP contribution is 2.31. The third kappa shape index (κ3) is 3.21. The van der Waals surface area contributed by atoms with Crippen molar-refractivity contribution in [3.63, 3.8) is 0 Å². The van der Waals surface area contributed by atoms with Crippen LogP contribution in [0, 0.1) is 10.1 Å². The highest BCUT2D eigenvalue weighted by molar-refractivity contribution is 6.25. The molecule has 0 heterocycles. The number of carboxylic acids is 1. The van der Waals surface area contributed by atoms with Crippen molar-refractivity contribution in [2.75, 3.05) is 6.61 Å². The molecule has 0 aromatic heterocycles. The first-order chi connectivity index (χ1) is 8.47. The number of carboxylic acid groups (broad SMARTS) is 1. The van der Waals surface area contributed by atoms with Gasteiger partial charge in [0, 0.05) is 11.6 Å². The van der Waals surface area contributed by atoms with Crippen LogP contribution in [-0.4, -0.2) is 22.6 Å². The predicted molar refractivity (Wildman–Crippen MR) is 65.2 cm³/mol. The number of ether oxygens (including phenoxy) is 1. The first-order valence-electron chi connectivity index (χ1n) is 4.86. The number of nitro benzene ring substituents is 1. The van der Waals surface area contributed by atoms with Gasteiger partial charge in [0.25, 0.3) is 0 Å². The van der Waals surface area contributed by atoms with E-state index in [0.717, 1.165) is 0 Å². The van der Waals surface area contributed by atoms with Crippen molar-refractivity contribution in [3.8, 4) is 5.75 Å². The Hall–Kier alpha value is -2.08. The number of halogens is 1. The largest absolute Gasteiger partial charge is 0.482 e. The summed E-state index contributed by atoms with van der Waals surface area (Å²) in [5, 5.41) is 19.8. The molecule has 0 spiro atoms. The summed E-state index contributed by atoms with van der Waals surface area (Å²) in [5.41, 5.74) is 1.23. The molecule has 0 radical (unpaired) electrons. The zero-order chi connectivity index (χ0) is 13.7. The molecule has 0 aliphatic carbocycles. The Labute approximate surface area is 108 Å². The van der Waals surface area contributed by atoms with Crippen molar-refractivity contribution >= 4 is 23.3 Å². The third-order valence-electron chi connectivity index (χ3n) is 2.05. The summed E-state index contributed by atoms with van der Waals surface area (Å²) in [5.74, 6) is -1.56. The van der Waals surface area contributed by atoms with Crippen LogP contribution in [0.3, 0.4) is 0 Å². The van der Waals surface area contributed by atoms with Gasteiger partial charge in [-0.2, -0.15) is 0 Å². The first kappa shape index (κ1) is 14.0. The van der Waals surface area contributed by atoms with Crippen LogP contribution in [0.25, 0.3) is 0 Å². The molecule has 1 aromatic carbocycles. The second kappa shape index (κ2) is 6.02. The van der Waals surface area contributed by atoms with Crippen LogP contribution in [0.15, 0.2) is 29.3 Å². The summed E-state index contributed by atoms with van der Waals surface area (Å²) in [6, 6.07) is 3.71. The molecule has 1 N–H and O–H groups in total. The molecule has 0 saturated heterocycles. The summed E-state index contributed by atoms with van der Waals surface area (Å²) >= 11 is 5.43. The molecule has 0 atom stereocenters. The Balaban J connectivity index is 3.19. The van der Waals surface area contributed by atoms with Crippen LogP contribution in [-0.2, 0) is 0 Å². The minimum Gasteiger partial charge on any atom is -0.482 e. The highest BCUT2D eigenvalue weighted by atomic mass is 35.5. The molecule has 96 valence electrons. The molecule has 0 bridgehead atoms. The molecule has 0 unspecified atom stereocenters. The van der Waals surface area contributed by atoms with E-state index in [0.29, 0.717) is 5.57 Å². The average molecular weight is 272 g/mol. The van der Waals surface area contributed by atoms with E-state index in [9.17, 15) is 14.9 Å². The van der Waals surface area contributed by atoms with E-state index < -0.39 is 16.6 Å². The molecule has 1 rings (SSSR count). The highest BCUT2D eigenvalue weighted by Gasteiger charge is 2.22. The lowest BCUT2D eigenvalue weighted by atomic mass is 10.1. The number of nitrogens with zero attached hydrogens (tertiary/aromatic N) is 1. The minimum absolute atomic E-state index is 0.0192. The number of nitro groups is 1. The number of rotatable bonds is 5. The molecular formula is C11H10ClNO5. The van der Waals surface area contributed by atoms with Gasteiger partial charge in [-0.1, -0.05) is 17.7 Å². The van der Waals surface area contributed by atoms with Crippen LogP contribution >= 0.6 is 11.6 Å². The summed E-state index contributed by atoms with van der Waals surface area (Å²) in [6.07, 6.45) is 0. The van der Waals surface area contributed by atoms with Crippen molar-refractivity contribution in [1.29, 1.82) is 0 Å². The number of para-hydroxylation sites is 1. The van der Waals surface area contributed by atoms with E-state index in [-0.39, 0.29) is 17.9 Å². The fourth-order valence-corrected chi connectivity index (χ4v) is 1.27. The monoisotopic (exact) mass is 271 g/mol. The summed E-state index contributed by atoms with van der Waals surface area (Å²) in [7, 11) is 0. The fraction of sp³-hybridized carbons (Fsp3) is 0.182. The number of benzene rings is 1. The van der Waals surface area contributed by atoms with Gasteiger partial charge >= 0.3 is 11.7 Å². The molecular weight excluding hydrogens is 262 g/mol. The van der Waals surface area contributed by atoms with Gasteiger partial charge in [-0.15, -0.1) is 0 Å². The van der Waals surface area contributed by atoms with Crippen molar-refractivity contribution in [3.05, 3.63) is 45.0 Å². The van der Waals surface area contributed by atoms with Gasteiger partial charge < -0.3 is 9.84 Å². The maximum absolute atomic E-state index is 11.0. The summed E-state index contributed by atoms with van der Waals surface area (Å²) in [4.78, 5) is 21.1. The number of aromatic carboxylic acids is 1. The van der Waals surface area contributed by atoms with Crippen molar-refractivity contribution in [2.45, 2.75) is 6.92 Å². The van der Waals surface area contributed by atoms with Crippen LogP contribution in [0.2, 0.25) is 0 Å². The van der Waals surface area contributed by atoms with E-state index >= 15 is 0 Å². The lowest BCUT2D eigenvalue weighted by molar-refractivity contribution is -0.385. The van der Waals surface area contributed by atoms with Gasteiger partial charge in [0.05, 0.1) is 4.92 Å². The molecule has 0 amide bonds. The van der Waals surface area contributed by atoms with Gasteiger partial charge in [0.15, 0.2) is 0 Å². The van der Waals surface area contributed by atoms with Gasteiger partial charge in [-0.25, -0.2) is 4.79 Å². The Bertz CT molecular complexity index is 480. The SMILES string of the molecule is C/C(=C/Cl)COc1c(C(=O)O)cccc1[N+](=O)[O-]. The number of hydrogen-bond donors (Lipinski definition) is 1.